The summed E-state index contributed by atoms with van der Waals surface area (Å²) in [5, 5.41) is 13.9. The van der Waals surface area contributed by atoms with E-state index < -0.39 is 11.6 Å². The predicted molar refractivity (Wildman–Crippen MR) is 104 cm³/mol. The van der Waals surface area contributed by atoms with E-state index in [1.54, 1.807) is 24.0 Å². The Labute approximate surface area is 174 Å². The maximum Gasteiger partial charge on any atom is 0.248 e. The minimum Gasteiger partial charge on any atom is -0.364 e. The highest BCUT2D eigenvalue weighted by molar-refractivity contribution is 6.32. The topological polar surface area (TPSA) is 107 Å². The van der Waals surface area contributed by atoms with Gasteiger partial charge in [-0.15, -0.1) is 0 Å². The molecule has 1 aromatic carbocycles. The number of anilines is 3. The molecule has 9 nitrogen and oxygen atoms in total. The molecule has 4 aromatic rings. The number of aromatic nitrogens is 6. The third-order valence-corrected chi connectivity index (χ3v) is 4.27. The van der Waals surface area contributed by atoms with Crippen molar-refractivity contribution in [1.82, 2.24) is 29.9 Å². The molecule has 0 unspecified atom stereocenters. The Balaban J connectivity index is 1.44. The lowest BCUT2D eigenvalue weighted by Gasteiger charge is -2.10. The molecule has 0 atom stereocenters. The lowest BCUT2D eigenvalue weighted by atomic mass is 10.2. The molecule has 0 aliphatic carbocycles. The van der Waals surface area contributed by atoms with Crippen LogP contribution in [0.25, 0.3) is 0 Å². The first kappa shape index (κ1) is 19.7. The molecule has 30 heavy (non-hydrogen) atoms. The number of aryl methyl sites for hydroxylation is 1. The maximum atomic E-state index is 13.8. The van der Waals surface area contributed by atoms with Gasteiger partial charge in [0.25, 0.3) is 0 Å². The summed E-state index contributed by atoms with van der Waals surface area (Å²) < 4.78 is 34.3. The first-order valence-electron chi connectivity index (χ1n) is 8.76. The quantitative estimate of drug-likeness (QED) is 0.455. The number of nitrogens with zero attached hydrogens (tertiary/aromatic N) is 6. The third kappa shape index (κ3) is 4.51. The minimum atomic E-state index is -0.658. The molecule has 0 aliphatic rings. The number of benzene rings is 1. The molecular weight excluding hydrogens is 418 g/mol. The van der Waals surface area contributed by atoms with Crippen LogP contribution < -0.4 is 10.6 Å². The van der Waals surface area contributed by atoms with Crippen LogP contribution in [0.1, 0.15) is 17.3 Å². The van der Waals surface area contributed by atoms with Crippen molar-refractivity contribution < 1.29 is 13.3 Å². The van der Waals surface area contributed by atoms with E-state index in [0.29, 0.717) is 23.9 Å². The summed E-state index contributed by atoms with van der Waals surface area (Å²) in [6.45, 7) is 1.91. The second-order valence-corrected chi connectivity index (χ2v) is 6.64. The van der Waals surface area contributed by atoms with Crippen molar-refractivity contribution in [2.24, 2.45) is 0 Å². The molecule has 4 rings (SSSR count). The SMILES string of the molecule is Cc1noc(Cn2cc(Nc3ncc(Cl)c(NCc4c(F)cccc4F)n3)cn2)n1. The van der Waals surface area contributed by atoms with Crippen LogP contribution in [0.3, 0.4) is 0 Å². The number of hydrogen-bond acceptors (Lipinski definition) is 8. The standard InChI is InChI=1S/C18H15ClF2N8O/c1-10-25-16(30-28-10)9-29-8-11(5-24-29)26-18-23-7-13(19)17(27-18)22-6-12-14(20)3-2-4-15(12)21/h2-5,7-8H,6,9H2,1H3,(H2,22,23,26,27). The molecule has 154 valence electrons. The Hall–Kier alpha value is -3.60. The fourth-order valence-corrected chi connectivity index (χ4v) is 2.77. The van der Waals surface area contributed by atoms with Crippen LogP contribution in [0.5, 0.6) is 0 Å². The van der Waals surface area contributed by atoms with E-state index in [4.69, 9.17) is 16.1 Å². The highest BCUT2D eigenvalue weighted by Crippen LogP contribution is 2.23. The van der Waals surface area contributed by atoms with E-state index in [0.717, 1.165) is 0 Å². The van der Waals surface area contributed by atoms with Crippen LogP contribution in [0.2, 0.25) is 5.02 Å². The van der Waals surface area contributed by atoms with E-state index in [-0.39, 0.29) is 28.9 Å². The molecule has 0 spiro atoms. The summed E-state index contributed by atoms with van der Waals surface area (Å²) in [6, 6.07) is 3.66. The average Bonchev–Trinajstić information content (AvgIpc) is 3.32. The van der Waals surface area contributed by atoms with Gasteiger partial charge in [0.1, 0.15) is 23.2 Å². The summed E-state index contributed by atoms with van der Waals surface area (Å²) in [5.41, 5.74) is 0.499. The predicted octanol–water partition coefficient (Wildman–Crippen LogP) is 3.70. The number of nitrogens with one attached hydrogen (secondary N) is 2. The van der Waals surface area contributed by atoms with Gasteiger partial charge in [-0.3, -0.25) is 4.68 Å². The second-order valence-electron chi connectivity index (χ2n) is 6.23. The lowest BCUT2D eigenvalue weighted by molar-refractivity contribution is 0.362. The van der Waals surface area contributed by atoms with Gasteiger partial charge in [0.15, 0.2) is 11.6 Å². The molecular formula is C18H15ClF2N8O. The van der Waals surface area contributed by atoms with Gasteiger partial charge < -0.3 is 15.2 Å². The largest absolute Gasteiger partial charge is 0.364 e. The molecule has 2 N–H and O–H groups in total. The zero-order valence-corrected chi connectivity index (χ0v) is 16.4. The van der Waals surface area contributed by atoms with Crippen LogP contribution >= 0.6 is 11.6 Å². The Morgan fingerprint density at radius 1 is 1.17 bits per heavy atom. The van der Waals surface area contributed by atoms with Crippen LogP contribution in [0.4, 0.5) is 26.2 Å². The Kier molecular flexibility index (Phi) is 5.53. The van der Waals surface area contributed by atoms with Crippen LogP contribution in [0, 0.1) is 18.6 Å². The van der Waals surface area contributed by atoms with Crippen molar-refractivity contribution in [3.8, 4) is 0 Å². The lowest BCUT2D eigenvalue weighted by Crippen LogP contribution is -2.08. The molecule has 12 heteroatoms. The second kappa shape index (κ2) is 8.41. The number of halogens is 3. The van der Waals surface area contributed by atoms with E-state index in [1.807, 2.05) is 0 Å². The zero-order valence-electron chi connectivity index (χ0n) is 15.6. The monoisotopic (exact) mass is 432 g/mol. The van der Waals surface area contributed by atoms with Crippen LogP contribution in [0.15, 0.2) is 41.3 Å². The van der Waals surface area contributed by atoms with Crippen molar-refractivity contribution in [2.45, 2.75) is 20.0 Å². The van der Waals surface area contributed by atoms with Gasteiger partial charge in [0.2, 0.25) is 11.8 Å². The van der Waals surface area contributed by atoms with E-state index in [2.05, 4.69) is 35.8 Å². The Morgan fingerprint density at radius 3 is 2.70 bits per heavy atom. The first-order valence-corrected chi connectivity index (χ1v) is 9.13. The first-order chi connectivity index (χ1) is 14.5. The fourth-order valence-electron chi connectivity index (χ4n) is 2.61. The van der Waals surface area contributed by atoms with Gasteiger partial charge in [-0.2, -0.15) is 15.1 Å². The van der Waals surface area contributed by atoms with Crippen molar-refractivity contribution in [1.29, 1.82) is 0 Å². The fraction of sp³-hybridized carbons (Fsp3) is 0.167. The number of rotatable bonds is 7. The highest BCUT2D eigenvalue weighted by Gasteiger charge is 2.12. The maximum absolute atomic E-state index is 13.8. The summed E-state index contributed by atoms with van der Waals surface area (Å²) in [7, 11) is 0. The molecule has 0 fully saturated rings. The average molecular weight is 433 g/mol. The molecule has 0 saturated carbocycles. The summed E-state index contributed by atoms with van der Waals surface area (Å²) in [4.78, 5) is 12.5. The molecule has 0 aliphatic heterocycles. The van der Waals surface area contributed by atoms with Crippen molar-refractivity contribution in [2.75, 3.05) is 10.6 Å². The van der Waals surface area contributed by atoms with E-state index >= 15 is 0 Å². The molecule has 3 heterocycles. The molecule has 0 amide bonds. The normalized spacial score (nSPS) is 10.9. The van der Waals surface area contributed by atoms with E-state index in [9.17, 15) is 8.78 Å². The minimum absolute atomic E-state index is 0.112. The molecule has 0 saturated heterocycles. The van der Waals surface area contributed by atoms with Crippen LogP contribution in [-0.2, 0) is 13.1 Å². The molecule has 0 radical (unpaired) electrons. The molecule has 0 bridgehead atoms. The van der Waals surface area contributed by atoms with Crippen molar-refractivity contribution >= 4 is 29.1 Å². The Bertz CT molecular complexity index is 1160. The van der Waals surface area contributed by atoms with E-state index in [1.165, 1.54) is 24.4 Å². The van der Waals surface area contributed by atoms with Gasteiger partial charge in [0, 0.05) is 18.3 Å². The van der Waals surface area contributed by atoms with Crippen LogP contribution in [-0.4, -0.2) is 29.9 Å². The zero-order chi connectivity index (χ0) is 21.1. The van der Waals surface area contributed by atoms with Gasteiger partial charge in [-0.25, -0.2) is 13.8 Å². The smallest absolute Gasteiger partial charge is 0.248 e. The van der Waals surface area contributed by atoms with Crippen molar-refractivity contribution in [3.63, 3.8) is 0 Å². The third-order valence-electron chi connectivity index (χ3n) is 3.99. The van der Waals surface area contributed by atoms with Crippen molar-refractivity contribution in [3.05, 3.63) is 70.7 Å². The van der Waals surface area contributed by atoms with Gasteiger partial charge in [-0.05, 0) is 19.1 Å². The van der Waals surface area contributed by atoms with Gasteiger partial charge in [0.05, 0.1) is 18.1 Å². The number of hydrogen-bond donors (Lipinski definition) is 2. The Morgan fingerprint density at radius 2 is 1.97 bits per heavy atom. The summed E-state index contributed by atoms with van der Waals surface area (Å²) >= 11 is 6.10. The molecule has 3 aromatic heterocycles. The van der Waals surface area contributed by atoms with Gasteiger partial charge in [-0.1, -0.05) is 22.8 Å². The highest BCUT2D eigenvalue weighted by atomic mass is 35.5. The summed E-state index contributed by atoms with van der Waals surface area (Å²) in [5.74, 6) is 0.108. The van der Waals surface area contributed by atoms with Gasteiger partial charge >= 0.3 is 0 Å². The summed E-state index contributed by atoms with van der Waals surface area (Å²) in [6.07, 6.45) is 4.66.